The highest BCUT2D eigenvalue weighted by Gasteiger charge is 2.22. The molecule has 124 valence electrons. The van der Waals surface area contributed by atoms with Gasteiger partial charge in [0, 0.05) is 0 Å². The van der Waals surface area contributed by atoms with Gasteiger partial charge in [0.2, 0.25) is 0 Å². The van der Waals surface area contributed by atoms with E-state index in [1.807, 2.05) is 0 Å². The fourth-order valence-corrected chi connectivity index (χ4v) is 1.15. The third-order valence-electron chi connectivity index (χ3n) is 1.98. The molecule has 0 fully saturated rings. The second-order valence-electron chi connectivity index (χ2n) is 5.27. The Morgan fingerprint density at radius 3 is 2.10 bits per heavy atom. The largest absolute Gasteiger partial charge is 0.480 e. The van der Waals surface area contributed by atoms with E-state index in [1.165, 1.54) is 0 Å². The molecule has 3 N–H and O–H groups in total. The summed E-state index contributed by atoms with van der Waals surface area (Å²) in [6, 6.07) is -0.830. The van der Waals surface area contributed by atoms with Crippen molar-refractivity contribution in [1.29, 1.82) is 0 Å². The van der Waals surface area contributed by atoms with Crippen molar-refractivity contribution >= 4 is 11.9 Å². The van der Waals surface area contributed by atoms with Crippen molar-refractivity contribution in [3.8, 4) is 0 Å². The van der Waals surface area contributed by atoms with Crippen molar-refractivity contribution in [2.24, 2.45) is 5.73 Å². The number of rotatable bonds is 11. The molecule has 0 saturated carbocycles. The van der Waals surface area contributed by atoms with E-state index in [0.29, 0.717) is 6.61 Å². The molecule has 0 saturated heterocycles. The Morgan fingerprint density at radius 2 is 1.57 bits per heavy atom. The van der Waals surface area contributed by atoms with Crippen molar-refractivity contribution in [3.63, 3.8) is 0 Å². The summed E-state index contributed by atoms with van der Waals surface area (Å²) >= 11 is 0. The molecule has 0 unspecified atom stereocenters. The molecule has 8 nitrogen and oxygen atoms in total. The second-order valence-corrected chi connectivity index (χ2v) is 5.27. The standard InChI is InChI=1S/C13H25NO7/c1-13(2,3)21-12(17)10(14)8-19-6-4-18-5-7-20-9-11(15)16/h10H,4-9,14H2,1-3H3,(H,15,16)/t10-/m0/s1. The van der Waals surface area contributed by atoms with Crippen molar-refractivity contribution in [1.82, 2.24) is 0 Å². The van der Waals surface area contributed by atoms with E-state index in [1.54, 1.807) is 20.8 Å². The number of hydrogen-bond donors (Lipinski definition) is 2. The van der Waals surface area contributed by atoms with Gasteiger partial charge >= 0.3 is 11.9 Å². The maximum atomic E-state index is 11.5. The average molecular weight is 307 g/mol. The van der Waals surface area contributed by atoms with Crippen LogP contribution >= 0.6 is 0 Å². The van der Waals surface area contributed by atoms with Gasteiger partial charge in [-0.2, -0.15) is 0 Å². The zero-order chi connectivity index (χ0) is 16.3. The van der Waals surface area contributed by atoms with E-state index in [9.17, 15) is 9.59 Å². The third kappa shape index (κ3) is 13.5. The molecule has 0 aromatic rings. The number of carboxylic acid groups (broad SMARTS) is 1. The van der Waals surface area contributed by atoms with Crippen molar-refractivity contribution in [2.75, 3.05) is 39.6 Å². The first-order valence-corrected chi connectivity index (χ1v) is 6.66. The van der Waals surface area contributed by atoms with Crippen molar-refractivity contribution in [2.45, 2.75) is 32.4 Å². The zero-order valence-electron chi connectivity index (χ0n) is 12.8. The van der Waals surface area contributed by atoms with Crippen LogP contribution in [0.2, 0.25) is 0 Å². The average Bonchev–Trinajstić information content (AvgIpc) is 2.34. The molecule has 0 aliphatic heterocycles. The van der Waals surface area contributed by atoms with Gasteiger partial charge in [0.1, 0.15) is 18.2 Å². The van der Waals surface area contributed by atoms with Gasteiger partial charge in [-0.05, 0) is 20.8 Å². The number of esters is 1. The van der Waals surface area contributed by atoms with Crippen LogP contribution in [0.25, 0.3) is 0 Å². The molecule has 0 spiro atoms. The summed E-state index contributed by atoms with van der Waals surface area (Å²) in [6.07, 6.45) is 0. The fraction of sp³-hybridized carbons (Fsp3) is 0.846. The van der Waals surface area contributed by atoms with Crippen LogP contribution < -0.4 is 5.73 Å². The van der Waals surface area contributed by atoms with E-state index in [0.717, 1.165) is 0 Å². The van der Waals surface area contributed by atoms with Crippen LogP contribution in [-0.2, 0) is 28.5 Å². The van der Waals surface area contributed by atoms with Crippen LogP contribution in [0.3, 0.4) is 0 Å². The van der Waals surface area contributed by atoms with Gasteiger partial charge < -0.3 is 29.8 Å². The van der Waals surface area contributed by atoms with Crippen LogP contribution in [0.15, 0.2) is 0 Å². The summed E-state index contributed by atoms with van der Waals surface area (Å²) in [4.78, 5) is 21.7. The summed E-state index contributed by atoms with van der Waals surface area (Å²) in [7, 11) is 0. The summed E-state index contributed by atoms with van der Waals surface area (Å²) < 4.78 is 20.2. The minimum Gasteiger partial charge on any atom is -0.480 e. The predicted octanol–water partition coefficient (Wildman–Crippen LogP) is -0.210. The number of hydrogen-bond acceptors (Lipinski definition) is 7. The Morgan fingerprint density at radius 1 is 1.05 bits per heavy atom. The molecule has 1 atom stereocenters. The lowest BCUT2D eigenvalue weighted by molar-refractivity contribution is -0.158. The molecule has 8 heteroatoms. The highest BCUT2D eigenvalue weighted by atomic mass is 16.6. The summed E-state index contributed by atoms with van der Waals surface area (Å²) in [6.45, 7) is 6.04. The summed E-state index contributed by atoms with van der Waals surface area (Å²) in [5, 5.41) is 8.32. The lowest BCUT2D eigenvalue weighted by Crippen LogP contribution is -2.40. The number of carboxylic acids is 1. The molecular formula is C13H25NO7. The lowest BCUT2D eigenvalue weighted by atomic mass is 10.2. The van der Waals surface area contributed by atoms with Gasteiger partial charge in [-0.25, -0.2) is 4.79 Å². The van der Waals surface area contributed by atoms with E-state index in [4.69, 9.17) is 29.8 Å². The summed E-state index contributed by atoms with van der Waals surface area (Å²) in [5.74, 6) is -1.53. The minimum absolute atomic E-state index is 0.0494. The van der Waals surface area contributed by atoms with E-state index >= 15 is 0 Å². The fourth-order valence-electron chi connectivity index (χ4n) is 1.15. The summed E-state index contributed by atoms with van der Waals surface area (Å²) in [5.41, 5.74) is 5.04. The number of ether oxygens (including phenoxy) is 4. The van der Waals surface area contributed by atoms with Crippen LogP contribution in [0.1, 0.15) is 20.8 Å². The van der Waals surface area contributed by atoms with Gasteiger partial charge in [0.05, 0.1) is 33.0 Å². The minimum atomic E-state index is -1.02. The monoisotopic (exact) mass is 307 g/mol. The predicted molar refractivity (Wildman–Crippen MR) is 73.9 cm³/mol. The Balaban J connectivity index is 3.46. The van der Waals surface area contributed by atoms with Crippen LogP contribution in [-0.4, -0.2) is 68.3 Å². The van der Waals surface area contributed by atoms with Crippen LogP contribution in [0.4, 0.5) is 0 Å². The third-order valence-corrected chi connectivity index (χ3v) is 1.98. The smallest absolute Gasteiger partial charge is 0.329 e. The Labute approximate surface area is 124 Å². The maximum absolute atomic E-state index is 11.5. The van der Waals surface area contributed by atoms with Gasteiger partial charge in [-0.3, -0.25) is 4.79 Å². The molecule has 0 aliphatic carbocycles. The topological polar surface area (TPSA) is 117 Å². The highest BCUT2D eigenvalue weighted by Crippen LogP contribution is 2.07. The SMILES string of the molecule is CC(C)(C)OC(=O)[C@@H](N)COCCOCCOCC(=O)O. The molecule has 0 heterocycles. The molecule has 0 rings (SSSR count). The van der Waals surface area contributed by atoms with Gasteiger partial charge in [0.15, 0.2) is 0 Å². The first-order chi connectivity index (χ1) is 9.72. The molecular weight excluding hydrogens is 282 g/mol. The van der Waals surface area contributed by atoms with Crippen molar-refractivity contribution < 1.29 is 33.6 Å². The molecule has 0 bridgehead atoms. The Hall–Kier alpha value is -1.22. The molecule has 0 radical (unpaired) electrons. The number of nitrogens with two attached hydrogens (primary N) is 1. The molecule has 0 aromatic carbocycles. The zero-order valence-corrected chi connectivity index (χ0v) is 12.8. The first kappa shape index (κ1) is 19.8. The molecule has 0 aromatic heterocycles. The molecule has 21 heavy (non-hydrogen) atoms. The van der Waals surface area contributed by atoms with Gasteiger partial charge in [0.25, 0.3) is 0 Å². The van der Waals surface area contributed by atoms with Gasteiger partial charge in [-0.1, -0.05) is 0 Å². The molecule has 0 amide bonds. The van der Waals surface area contributed by atoms with E-state index < -0.39 is 23.6 Å². The van der Waals surface area contributed by atoms with E-state index in [-0.39, 0.29) is 33.0 Å². The Bertz CT molecular complexity index is 314. The number of aliphatic carboxylic acids is 1. The van der Waals surface area contributed by atoms with E-state index in [2.05, 4.69) is 0 Å². The van der Waals surface area contributed by atoms with Crippen LogP contribution in [0, 0.1) is 0 Å². The maximum Gasteiger partial charge on any atom is 0.329 e. The van der Waals surface area contributed by atoms with Gasteiger partial charge in [-0.15, -0.1) is 0 Å². The Kier molecular flexibility index (Phi) is 9.89. The lowest BCUT2D eigenvalue weighted by Gasteiger charge is -2.22. The second kappa shape index (κ2) is 10.5. The molecule has 0 aliphatic rings. The number of carbonyl (C=O) groups excluding carboxylic acids is 1. The highest BCUT2D eigenvalue weighted by molar-refractivity contribution is 5.76. The van der Waals surface area contributed by atoms with Crippen LogP contribution in [0.5, 0.6) is 0 Å². The number of carbonyl (C=O) groups is 2. The van der Waals surface area contributed by atoms with Crippen molar-refractivity contribution in [3.05, 3.63) is 0 Å². The quantitative estimate of drug-likeness (QED) is 0.398. The first-order valence-electron chi connectivity index (χ1n) is 6.66. The normalized spacial score (nSPS) is 13.0.